The first kappa shape index (κ1) is 45.7. The van der Waals surface area contributed by atoms with Crippen molar-refractivity contribution < 1.29 is 0 Å². The molecule has 8 aromatic carbocycles. The van der Waals surface area contributed by atoms with Gasteiger partial charge in [0.1, 0.15) is 78.5 Å². The van der Waals surface area contributed by atoms with E-state index < -0.39 is 0 Å². The van der Waals surface area contributed by atoms with Crippen molar-refractivity contribution in [3.8, 4) is 84.9 Å². The topological polar surface area (TPSA) is 69.4 Å². The van der Waals surface area contributed by atoms with Crippen molar-refractivity contribution in [2.45, 2.75) is 0 Å². The van der Waals surface area contributed by atoms with Crippen molar-refractivity contribution in [3.63, 3.8) is 0 Å². The van der Waals surface area contributed by atoms with Gasteiger partial charge in [0.2, 0.25) is 0 Å². The molecule has 0 unspecified atom stereocenters. The maximum Gasteiger partial charge on any atom is 0.166 e. The maximum atomic E-state index is 6.74. The van der Waals surface area contributed by atoms with E-state index in [2.05, 4.69) is 41.0 Å². The van der Waals surface area contributed by atoms with Crippen molar-refractivity contribution in [3.05, 3.63) is 158 Å². The van der Waals surface area contributed by atoms with Crippen LogP contribution in [0.4, 0.5) is 0 Å². The Labute approximate surface area is 424 Å². The van der Waals surface area contributed by atoms with Gasteiger partial charge in [0.15, 0.2) is 23.3 Å². The molecule has 11 aromatic rings. The van der Waals surface area contributed by atoms with Crippen LogP contribution in [0.3, 0.4) is 0 Å². The summed E-state index contributed by atoms with van der Waals surface area (Å²) in [5.74, 6) is 0.599. The van der Waals surface area contributed by atoms with E-state index in [1.54, 1.807) is 0 Å². The molecule has 0 atom stereocenters. The molecule has 306 valence electrons. The molecule has 0 N–H and O–H groups in total. The van der Waals surface area contributed by atoms with Crippen LogP contribution in [0, 0.1) is 0 Å². The number of nitrogens with zero attached hydrogens (tertiary/aromatic N) is 6. The number of fused-ring (bicyclic) bond motifs is 3. The Hall–Kier alpha value is -7.70. The Morgan fingerprint density at radius 2 is 0.746 bits per heavy atom. The number of rotatable bonds is 8. The summed E-state index contributed by atoms with van der Waals surface area (Å²) in [6, 6.07) is 52.5. The molecule has 3 aromatic heterocycles. The molecule has 0 bridgehead atoms. The zero-order chi connectivity index (χ0) is 49.2. The zero-order valence-corrected chi connectivity index (χ0v) is 38.0. The van der Waals surface area contributed by atoms with Gasteiger partial charge in [-0.2, -0.15) is 0 Å². The van der Waals surface area contributed by atoms with Crippen LogP contribution in [0.25, 0.3) is 107 Å². The van der Waals surface area contributed by atoms with Gasteiger partial charge in [0.05, 0.1) is 28.1 Å². The molecule has 16 heteroatoms. The van der Waals surface area contributed by atoms with Gasteiger partial charge in [-0.3, -0.25) is 0 Å². The van der Waals surface area contributed by atoms with Gasteiger partial charge < -0.3 is 4.57 Å². The first-order valence-electron chi connectivity index (χ1n) is 22.4. The average Bonchev–Trinajstić information content (AvgIpc) is 3.75. The van der Waals surface area contributed by atoms with Crippen molar-refractivity contribution in [1.29, 1.82) is 0 Å². The van der Waals surface area contributed by atoms with E-state index in [0.717, 1.165) is 49.8 Å². The van der Waals surface area contributed by atoms with Crippen LogP contribution in [0.2, 0.25) is 0 Å². The van der Waals surface area contributed by atoms with Crippen LogP contribution in [0.15, 0.2) is 158 Å². The lowest BCUT2D eigenvalue weighted by Gasteiger charge is -2.23. The highest BCUT2D eigenvalue weighted by molar-refractivity contribution is 6.70. The molecular formula is C55H26B10N6. The molecule has 0 aliphatic carbocycles. The summed E-state index contributed by atoms with van der Waals surface area (Å²) in [5.41, 5.74) is 9.06. The predicted molar refractivity (Wildman–Crippen MR) is 302 cm³/mol. The monoisotopic (exact) mass is 880 g/mol. The molecule has 11 rings (SSSR count). The van der Waals surface area contributed by atoms with Gasteiger partial charge in [0.25, 0.3) is 0 Å². The quantitative estimate of drug-likeness (QED) is 0.216. The van der Waals surface area contributed by atoms with Crippen LogP contribution < -0.4 is 54.6 Å². The Kier molecular flexibility index (Phi) is 11.7. The maximum absolute atomic E-state index is 6.74. The van der Waals surface area contributed by atoms with Crippen molar-refractivity contribution in [2.24, 2.45) is 0 Å². The first-order chi connectivity index (χ1) is 34.4. The second kappa shape index (κ2) is 18.2. The minimum atomic E-state index is -0.0316. The highest BCUT2D eigenvalue weighted by atomic mass is 15.1. The first-order valence-corrected chi connectivity index (χ1v) is 22.4. The van der Waals surface area contributed by atoms with Gasteiger partial charge in [0, 0.05) is 44.2 Å². The summed E-state index contributed by atoms with van der Waals surface area (Å²) < 4.78 is 2.19. The summed E-state index contributed by atoms with van der Waals surface area (Å²) in [6.07, 6.45) is 0. The third-order valence-corrected chi connectivity index (χ3v) is 12.9. The standard InChI is InChI=1S/C55H26B10N6/c56-42-40(43(57)47(61)50(64)46(42)60)54-68-53(69-55(70-54)41-44(58)48(62)51(65)49(63)45(41)59)33-25-30(35-26-34(28-15-6-2-7-16-28)66-52(67-35)29-17-8-3-9-18-29)23-24-37(33)71-36-21-11-10-19-32(36)39-31(20-12-22-38(39)71)27-13-4-1-5-14-27/h1-26H. The summed E-state index contributed by atoms with van der Waals surface area (Å²) in [4.78, 5) is 25.5. The highest BCUT2D eigenvalue weighted by Crippen LogP contribution is 2.41. The Morgan fingerprint density at radius 3 is 1.31 bits per heavy atom. The van der Waals surface area contributed by atoms with Crippen molar-refractivity contribution in [2.75, 3.05) is 0 Å². The average molecular weight is 879 g/mol. The third kappa shape index (κ3) is 7.81. The number of aromatic nitrogens is 6. The Morgan fingerprint density at radius 1 is 0.296 bits per heavy atom. The Bertz CT molecular complexity index is 3740. The predicted octanol–water partition coefficient (Wildman–Crippen LogP) is 1.37. The molecule has 3 heterocycles. The molecule has 0 saturated carbocycles. The van der Waals surface area contributed by atoms with Gasteiger partial charge in [-0.1, -0.05) is 149 Å². The van der Waals surface area contributed by atoms with E-state index in [9.17, 15) is 0 Å². The lowest BCUT2D eigenvalue weighted by Crippen LogP contribution is -2.55. The fourth-order valence-corrected chi connectivity index (χ4v) is 9.18. The van der Waals surface area contributed by atoms with E-state index >= 15 is 0 Å². The van der Waals surface area contributed by atoms with Crippen LogP contribution in [0.5, 0.6) is 0 Å². The number of benzene rings is 8. The second-order valence-electron chi connectivity index (χ2n) is 17.0. The Balaban J connectivity index is 1.27. The largest absolute Gasteiger partial charge is 0.308 e. The second-order valence-corrected chi connectivity index (χ2v) is 17.0. The SMILES string of the molecule is [B]c1c([B])c([B])c(-c2nc(-c3cc(-c4cc(-c5ccccc5)nc(-c5ccccc5)n4)ccc3-n3c4ccccc4c4c(-c5ccccc5)cccc43)nc(-c3c([B])c([B])c([B])c([B])c3[B])n2)c([B])c1[B]. The number of hydrogen-bond acceptors (Lipinski definition) is 5. The summed E-state index contributed by atoms with van der Waals surface area (Å²) in [6.45, 7) is 0. The zero-order valence-electron chi connectivity index (χ0n) is 38.0. The van der Waals surface area contributed by atoms with Gasteiger partial charge in [-0.15, -0.1) is 32.8 Å². The molecule has 0 spiro atoms. The fourth-order valence-electron chi connectivity index (χ4n) is 9.18. The van der Waals surface area contributed by atoms with Crippen LogP contribution in [-0.4, -0.2) is 108 Å². The highest BCUT2D eigenvalue weighted by Gasteiger charge is 2.25. The van der Waals surface area contributed by atoms with Crippen LogP contribution in [-0.2, 0) is 0 Å². The molecular weight excluding hydrogens is 853 g/mol. The minimum absolute atomic E-state index is 0.00963. The molecule has 0 aliphatic rings. The summed E-state index contributed by atoms with van der Waals surface area (Å²) in [5, 5.41) is 2.06. The van der Waals surface area contributed by atoms with Gasteiger partial charge >= 0.3 is 0 Å². The smallest absolute Gasteiger partial charge is 0.166 e. The molecule has 0 aliphatic heterocycles. The van der Waals surface area contributed by atoms with Crippen molar-refractivity contribution >= 4 is 155 Å². The van der Waals surface area contributed by atoms with Crippen molar-refractivity contribution in [1.82, 2.24) is 29.5 Å². The van der Waals surface area contributed by atoms with Gasteiger partial charge in [-0.25, -0.2) is 24.9 Å². The van der Waals surface area contributed by atoms with E-state index in [0.29, 0.717) is 28.3 Å². The molecule has 71 heavy (non-hydrogen) atoms. The van der Waals surface area contributed by atoms with E-state index in [4.69, 9.17) is 103 Å². The number of hydrogen-bond donors (Lipinski definition) is 0. The summed E-state index contributed by atoms with van der Waals surface area (Å²) >= 11 is 0. The lowest BCUT2D eigenvalue weighted by atomic mass is 9.60. The fraction of sp³-hybridized carbons (Fsp3) is 0. The van der Waals surface area contributed by atoms with E-state index in [1.165, 1.54) is 0 Å². The molecule has 0 saturated heterocycles. The van der Waals surface area contributed by atoms with Crippen LogP contribution in [0.1, 0.15) is 0 Å². The number of para-hydroxylation sites is 1. The molecule has 0 amide bonds. The van der Waals surface area contributed by atoms with E-state index in [1.807, 2.05) is 121 Å². The third-order valence-electron chi connectivity index (χ3n) is 12.9. The normalized spacial score (nSPS) is 11.4. The molecule has 0 fully saturated rings. The molecule has 6 nitrogen and oxygen atoms in total. The van der Waals surface area contributed by atoms with Crippen LogP contribution >= 0.6 is 0 Å². The lowest BCUT2D eigenvalue weighted by molar-refractivity contribution is 1.07. The van der Waals surface area contributed by atoms with Gasteiger partial charge in [-0.05, 0) is 41.5 Å². The van der Waals surface area contributed by atoms with E-state index in [-0.39, 0.29) is 83.2 Å². The minimum Gasteiger partial charge on any atom is -0.308 e. The molecule has 20 radical (unpaired) electrons. The summed E-state index contributed by atoms with van der Waals surface area (Å²) in [7, 11) is 65.5.